The molecule has 1 atom stereocenters. The molecule has 3 aromatic rings. The van der Waals surface area contributed by atoms with Gasteiger partial charge in [0, 0.05) is 36.3 Å². The van der Waals surface area contributed by atoms with Crippen LogP contribution in [0.15, 0.2) is 35.8 Å². The standard InChI is InChI=1S/C20H22FN3O2S/c21-15-6-3-5-14(11-15)17-12-24-18(13-27-20(24)22-17)19(26)23-9-2-1-7-16(23)8-4-10-25/h3,5-6,11-13,16,25H,1-2,4,7-10H2/t16-/m1/s1. The van der Waals surface area contributed by atoms with Crippen LogP contribution < -0.4 is 0 Å². The zero-order valence-corrected chi connectivity index (χ0v) is 15.8. The molecule has 7 heteroatoms. The monoisotopic (exact) mass is 387 g/mol. The van der Waals surface area contributed by atoms with Crippen molar-refractivity contribution in [1.82, 2.24) is 14.3 Å². The Morgan fingerprint density at radius 2 is 2.26 bits per heavy atom. The average molecular weight is 387 g/mol. The molecular formula is C20H22FN3O2S. The number of halogens is 1. The van der Waals surface area contributed by atoms with Gasteiger partial charge in [-0.15, -0.1) is 11.3 Å². The third-order valence-electron chi connectivity index (χ3n) is 5.13. The molecule has 0 spiro atoms. The molecule has 27 heavy (non-hydrogen) atoms. The van der Waals surface area contributed by atoms with Crippen LogP contribution in [0.1, 0.15) is 42.6 Å². The number of carbonyl (C=O) groups is 1. The fraction of sp³-hybridized carbons (Fsp3) is 0.400. The Kier molecular flexibility index (Phi) is 5.22. The molecule has 1 N–H and O–H groups in total. The highest BCUT2D eigenvalue weighted by atomic mass is 32.1. The Balaban J connectivity index is 1.64. The second-order valence-corrected chi connectivity index (χ2v) is 7.76. The number of likely N-dealkylation sites (tertiary alicyclic amines) is 1. The van der Waals surface area contributed by atoms with Gasteiger partial charge in [-0.2, -0.15) is 0 Å². The highest BCUT2D eigenvalue weighted by Gasteiger charge is 2.29. The summed E-state index contributed by atoms with van der Waals surface area (Å²) in [6, 6.07) is 6.50. The lowest BCUT2D eigenvalue weighted by molar-refractivity contribution is 0.0584. The van der Waals surface area contributed by atoms with E-state index in [4.69, 9.17) is 5.11 Å². The summed E-state index contributed by atoms with van der Waals surface area (Å²) in [5, 5.41) is 11.0. The lowest BCUT2D eigenvalue weighted by atomic mass is 9.97. The van der Waals surface area contributed by atoms with Gasteiger partial charge in [-0.25, -0.2) is 9.37 Å². The molecule has 1 saturated heterocycles. The van der Waals surface area contributed by atoms with Crippen LogP contribution in [-0.2, 0) is 0 Å². The molecule has 1 aromatic carbocycles. The van der Waals surface area contributed by atoms with Crippen molar-refractivity contribution in [3.63, 3.8) is 0 Å². The average Bonchev–Trinajstić information content (AvgIpc) is 3.27. The van der Waals surface area contributed by atoms with Crippen LogP contribution in [0.3, 0.4) is 0 Å². The lowest BCUT2D eigenvalue weighted by Gasteiger charge is -2.35. The first-order valence-corrected chi connectivity index (χ1v) is 10.2. The van der Waals surface area contributed by atoms with Crippen molar-refractivity contribution in [2.45, 2.75) is 38.1 Å². The molecule has 1 fully saturated rings. The fourth-order valence-corrected chi connectivity index (χ4v) is 4.61. The number of aliphatic hydroxyl groups excluding tert-OH is 1. The molecule has 0 saturated carbocycles. The number of aliphatic hydroxyl groups is 1. The fourth-order valence-electron chi connectivity index (χ4n) is 3.77. The van der Waals surface area contributed by atoms with Crippen LogP contribution in [-0.4, -0.2) is 44.5 Å². The molecule has 1 amide bonds. The van der Waals surface area contributed by atoms with E-state index in [-0.39, 0.29) is 24.4 Å². The van der Waals surface area contributed by atoms with Crippen LogP contribution in [0.4, 0.5) is 4.39 Å². The molecule has 0 unspecified atom stereocenters. The first-order chi connectivity index (χ1) is 13.2. The Labute approximate surface area is 161 Å². The number of thiazole rings is 1. The molecule has 0 radical (unpaired) electrons. The zero-order valence-electron chi connectivity index (χ0n) is 15.0. The Hall–Kier alpha value is -2.25. The lowest BCUT2D eigenvalue weighted by Crippen LogP contribution is -2.44. The van der Waals surface area contributed by atoms with Crippen molar-refractivity contribution in [2.75, 3.05) is 13.2 Å². The Morgan fingerprint density at radius 1 is 1.37 bits per heavy atom. The second-order valence-electron chi connectivity index (χ2n) is 6.92. The summed E-state index contributed by atoms with van der Waals surface area (Å²) >= 11 is 1.42. The molecule has 142 valence electrons. The van der Waals surface area contributed by atoms with E-state index in [1.165, 1.54) is 23.5 Å². The molecule has 1 aliphatic rings. The number of piperidine rings is 1. The molecule has 3 heterocycles. The summed E-state index contributed by atoms with van der Waals surface area (Å²) in [7, 11) is 0. The van der Waals surface area contributed by atoms with E-state index < -0.39 is 0 Å². The number of imidazole rings is 1. The Morgan fingerprint density at radius 3 is 3.07 bits per heavy atom. The number of hydrogen-bond donors (Lipinski definition) is 1. The van der Waals surface area contributed by atoms with Crippen molar-refractivity contribution >= 4 is 22.2 Å². The van der Waals surface area contributed by atoms with Crippen LogP contribution >= 0.6 is 11.3 Å². The molecule has 0 bridgehead atoms. The minimum Gasteiger partial charge on any atom is -0.396 e. The van der Waals surface area contributed by atoms with Gasteiger partial charge in [0.1, 0.15) is 11.5 Å². The predicted octanol–water partition coefficient (Wildman–Crippen LogP) is 3.97. The summed E-state index contributed by atoms with van der Waals surface area (Å²) in [5.74, 6) is -0.299. The maximum atomic E-state index is 13.5. The van der Waals surface area contributed by atoms with Gasteiger partial charge in [-0.3, -0.25) is 9.20 Å². The largest absolute Gasteiger partial charge is 0.396 e. The van der Waals surface area contributed by atoms with Gasteiger partial charge in [0.05, 0.1) is 5.69 Å². The summed E-state index contributed by atoms with van der Waals surface area (Å²) in [6.07, 6.45) is 6.45. The normalized spacial score (nSPS) is 17.6. The Bertz CT molecular complexity index is 952. The summed E-state index contributed by atoms with van der Waals surface area (Å²) in [4.78, 5) is 20.4. The third-order valence-corrected chi connectivity index (χ3v) is 5.97. The number of aromatic nitrogens is 2. The van der Waals surface area contributed by atoms with Gasteiger partial charge >= 0.3 is 0 Å². The van der Waals surface area contributed by atoms with Gasteiger partial charge in [0.25, 0.3) is 5.91 Å². The predicted molar refractivity (Wildman–Crippen MR) is 103 cm³/mol. The summed E-state index contributed by atoms with van der Waals surface area (Å²) < 4.78 is 15.3. The van der Waals surface area contributed by atoms with Crippen LogP contribution in [0, 0.1) is 5.82 Å². The van der Waals surface area contributed by atoms with Crippen molar-refractivity contribution in [3.05, 3.63) is 47.4 Å². The molecule has 5 nitrogen and oxygen atoms in total. The third kappa shape index (κ3) is 3.61. The number of benzene rings is 1. The highest BCUT2D eigenvalue weighted by Crippen LogP contribution is 2.27. The van der Waals surface area contributed by atoms with E-state index in [2.05, 4.69) is 4.98 Å². The van der Waals surface area contributed by atoms with Gasteiger partial charge in [-0.05, 0) is 44.2 Å². The summed E-state index contributed by atoms with van der Waals surface area (Å²) in [5.41, 5.74) is 1.95. The first kappa shape index (κ1) is 18.1. The molecule has 4 rings (SSSR count). The maximum Gasteiger partial charge on any atom is 0.271 e. The number of hydrogen-bond acceptors (Lipinski definition) is 4. The van der Waals surface area contributed by atoms with Crippen LogP contribution in [0.25, 0.3) is 16.2 Å². The summed E-state index contributed by atoms with van der Waals surface area (Å²) in [6.45, 7) is 0.900. The zero-order chi connectivity index (χ0) is 18.8. The molecule has 1 aliphatic heterocycles. The van der Waals surface area contributed by atoms with Crippen LogP contribution in [0.2, 0.25) is 0 Å². The number of rotatable bonds is 5. The highest BCUT2D eigenvalue weighted by molar-refractivity contribution is 7.15. The SMILES string of the molecule is O=C(c1csc2nc(-c3cccc(F)c3)cn12)N1CCCC[C@@H]1CCCO. The second kappa shape index (κ2) is 7.78. The van der Waals surface area contributed by atoms with E-state index in [1.54, 1.807) is 12.3 Å². The molecular weight excluding hydrogens is 365 g/mol. The quantitative estimate of drug-likeness (QED) is 0.721. The minimum absolute atomic E-state index is 0.00656. The van der Waals surface area contributed by atoms with E-state index >= 15 is 0 Å². The van der Waals surface area contributed by atoms with E-state index in [0.717, 1.165) is 37.2 Å². The van der Waals surface area contributed by atoms with Crippen molar-refractivity contribution in [2.24, 2.45) is 0 Å². The topological polar surface area (TPSA) is 57.8 Å². The van der Waals surface area contributed by atoms with E-state index in [9.17, 15) is 9.18 Å². The number of nitrogens with zero attached hydrogens (tertiary/aromatic N) is 3. The van der Waals surface area contributed by atoms with Crippen molar-refractivity contribution < 1.29 is 14.3 Å². The maximum absolute atomic E-state index is 13.5. The van der Waals surface area contributed by atoms with Gasteiger partial charge in [0.2, 0.25) is 0 Å². The van der Waals surface area contributed by atoms with Gasteiger partial charge in [0.15, 0.2) is 4.96 Å². The molecule has 2 aromatic heterocycles. The smallest absolute Gasteiger partial charge is 0.271 e. The van der Waals surface area contributed by atoms with Crippen molar-refractivity contribution in [1.29, 1.82) is 0 Å². The number of amides is 1. The number of fused-ring (bicyclic) bond motifs is 1. The van der Waals surface area contributed by atoms with E-state index in [0.29, 0.717) is 23.4 Å². The van der Waals surface area contributed by atoms with Crippen molar-refractivity contribution in [3.8, 4) is 11.3 Å². The van der Waals surface area contributed by atoms with E-state index in [1.807, 2.05) is 20.7 Å². The van der Waals surface area contributed by atoms with Gasteiger partial charge in [-0.1, -0.05) is 12.1 Å². The van der Waals surface area contributed by atoms with Crippen LogP contribution in [0.5, 0.6) is 0 Å². The first-order valence-electron chi connectivity index (χ1n) is 9.32. The van der Waals surface area contributed by atoms with Gasteiger partial charge < -0.3 is 10.0 Å². The number of carbonyl (C=O) groups excluding carboxylic acids is 1. The molecule has 0 aliphatic carbocycles. The minimum atomic E-state index is -0.305.